The van der Waals surface area contributed by atoms with Crippen LogP contribution < -0.4 is 10.2 Å². The number of amides is 2. The van der Waals surface area contributed by atoms with Crippen molar-refractivity contribution in [3.05, 3.63) is 29.6 Å². The Morgan fingerprint density at radius 2 is 2.08 bits per heavy atom. The Hall–Kier alpha value is -1.95. The summed E-state index contributed by atoms with van der Waals surface area (Å²) < 4.78 is 19.5. The molecule has 1 aromatic rings. The van der Waals surface area contributed by atoms with E-state index in [4.69, 9.17) is 4.74 Å². The number of anilines is 1. The molecule has 24 heavy (non-hydrogen) atoms. The van der Waals surface area contributed by atoms with Crippen molar-refractivity contribution in [1.29, 1.82) is 0 Å². The molecule has 1 N–H and O–H groups in total. The summed E-state index contributed by atoms with van der Waals surface area (Å²) in [6.07, 6.45) is 1.27. The maximum absolute atomic E-state index is 14.0. The molecule has 0 radical (unpaired) electrons. The molecule has 1 aliphatic heterocycles. The van der Waals surface area contributed by atoms with Gasteiger partial charge in [0.1, 0.15) is 5.82 Å². The summed E-state index contributed by atoms with van der Waals surface area (Å²) in [6, 6.07) is 3.98. The largest absolute Gasteiger partial charge is 0.379 e. The summed E-state index contributed by atoms with van der Waals surface area (Å²) in [7, 11) is 0. The van der Waals surface area contributed by atoms with Crippen molar-refractivity contribution in [3.63, 3.8) is 0 Å². The van der Waals surface area contributed by atoms with Gasteiger partial charge in [0.15, 0.2) is 0 Å². The highest BCUT2D eigenvalue weighted by Crippen LogP contribution is 2.23. The van der Waals surface area contributed by atoms with Gasteiger partial charge in [-0.15, -0.1) is 0 Å². The Morgan fingerprint density at radius 3 is 2.71 bits per heavy atom. The fourth-order valence-corrected chi connectivity index (χ4v) is 2.60. The number of hydrogen-bond acceptors (Lipinski definition) is 3. The van der Waals surface area contributed by atoms with Gasteiger partial charge in [-0.1, -0.05) is 13.8 Å². The molecule has 1 heterocycles. The fraction of sp³-hybridized carbons (Fsp3) is 0.556. The predicted molar refractivity (Wildman–Crippen MR) is 90.6 cm³/mol. The predicted octanol–water partition coefficient (Wildman–Crippen LogP) is 2.74. The van der Waals surface area contributed by atoms with Gasteiger partial charge in [-0.05, 0) is 37.5 Å². The molecule has 5 nitrogen and oxygen atoms in total. The van der Waals surface area contributed by atoms with Crippen LogP contribution in [0.5, 0.6) is 0 Å². The van der Waals surface area contributed by atoms with Gasteiger partial charge in [-0.25, -0.2) is 4.39 Å². The average molecular weight is 336 g/mol. The molecule has 0 aromatic heterocycles. The number of carbonyl (C=O) groups excluding carboxylic acids is 2. The molecule has 132 valence electrons. The van der Waals surface area contributed by atoms with Crippen LogP contribution in [-0.2, 0) is 9.53 Å². The minimum absolute atomic E-state index is 0.00317. The molecule has 1 saturated heterocycles. The van der Waals surface area contributed by atoms with Crippen molar-refractivity contribution in [3.8, 4) is 0 Å². The molecule has 1 aliphatic rings. The van der Waals surface area contributed by atoms with Gasteiger partial charge < -0.3 is 15.0 Å². The quantitative estimate of drug-likeness (QED) is 0.833. The third kappa shape index (κ3) is 4.77. The van der Waals surface area contributed by atoms with Gasteiger partial charge >= 0.3 is 0 Å². The number of ether oxygens (including phenoxy) is 1. The molecule has 0 bridgehead atoms. The molecule has 6 heteroatoms. The number of carbonyl (C=O) groups is 2. The topological polar surface area (TPSA) is 58.6 Å². The van der Waals surface area contributed by atoms with Crippen LogP contribution in [0.1, 0.15) is 44.0 Å². The Bertz CT molecular complexity index is 604. The van der Waals surface area contributed by atoms with Gasteiger partial charge in [-0.2, -0.15) is 0 Å². The standard InChI is InChI=1S/C18H25FN2O3/c1-12(2)10-24-11-13(3)20-18(23)15-9-14(6-7-16(15)19)21-8-4-5-17(21)22/h6-7,9,12-13H,4-5,8,10-11H2,1-3H3,(H,20,23)/t13-/m0/s1. The van der Waals surface area contributed by atoms with Crippen LogP contribution in [0.4, 0.5) is 10.1 Å². The van der Waals surface area contributed by atoms with Gasteiger partial charge in [0.05, 0.1) is 12.2 Å². The van der Waals surface area contributed by atoms with Crippen molar-refractivity contribution >= 4 is 17.5 Å². The van der Waals surface area contributed by atoms with Crippen LogP contribution in [0, 0.1) is 11.7 Å². The SMILES string of the molecule is CC(C)COC[C@H](C)NC(=O)c1cc(N2CCCC2=O)ccc1F. The maximum Gasteiger partial charge on any atom is 0.254 e. The third-order valence-corrected chi connectivity index (χ3v) is 3.78. The van der Waals surface area contributed by atoms with Crippen molar-refractivity contribution < 1.29 is 18.7 Å². The molecular weight excluding hydrogens is 311 g/mol. The first-order chi connectivity index (χ1) is 11.4. The summed E-state index contributed by atoms with van der Waals surface area (Å²) in [4.78, 5) is 25.7. The summed E-state index contributed by atoms with van der Waals surface area (Å²) in [5, 5.41) is 2.73. The number of benzene rings is 1. The van der Waals surface area contributed by atoms with Gasteiger partial charge in [0, 0.05) is 31.3 Å². The molecule has 2 rings (SSSR count). The second kappa shape index (κ2) is 8.24. The highest BCUT2D eigenvalue weighted by molar-refractivity contribution is 5.99. The molecule has 2 amide bonds. The Labute approximate surface area is 142 Å². The van der Waals surface area contributed by atoms with E-state index in [1.807, 2.05) is 20.8 Å². The molecular formula is C18H25FN2O3. The van der Waals surface area contributed by atoms with E-state index in [0.717, 1.165) is 6.42 Å². The van der Waals surface area contributed by atoms with Crippen LogP contribution in [-0.4, -0.2) is 37.6 Å². The van der Waals surface area contributed by atoms with E-state index < -0.39 is 11.7 Å². The first-order valence-electron chi connectivity index (χ1n) is 8.37. The van der Waals surface area contributed by atoms with Crippen LogP contribution in [0.25, 0.3) is 0 Å². The van der Waals surface area contributed by atoms with Crippen molar-refractivity contribution in [2.24, 2.45) is 5.92 Å². The van der Waals surface area contributed by atoms with Gasteiger partial charge in [0.25, 0.3) is 5.91 Å². The number of nitrogens with zero attached hydrogens (tertiary/aromatic N) is 1. The third-order valence-electron chi connectivity index (χ3n) is 3.78. The van der Waals surface area contributed by atoms with E-state index in [2.05, 4.69) is 5.32 Å². The van der Waals surface area contributed by atoms with Crippen LogP contribution in [0.2, 0.25) is 0 Å². The van der Waals surface area contributed by atoms with E-state index >= 15 is 0 Å². The van der Waals surface area contributed by atoms with Gasteiger partial charge in [0.2, 0.25) is 5.91 Å². The van der Waals surface area contributed by atoms with E-state index in [0.29, 0.717) is 37.8 Å². The van der Waals surface area contributed by atoms with E-state index in [-0.39, 0.29) is 17.5 Å². The first-order valence-corrected chi connectivity index (χ1v) is 8.37. The highest BCUT2D eigenvalue weighted by atomic mass is 19.1. The molecule has 0 unspecified atom stereocenters. The Kier molecular flexibility index (Phi) is 6.31. The number of rotatable bonds is 7. The Balaban J connectivity index is 2.01. The second-order valence-corrected chi connectivity index (χ2v) is 6.62. The van der Waals surface area contributed by atoms with Crippen LogP contribution >= 0.6 is 0 Å². The van der Waals surface area contributed by atoms with Crippen molar-refractivity contribution in [2.75, 3.05) is 24.7 Å². The summed E-state index contributed by atoms with van der Waals surface area (Å²) in [5.41, 5.74) is 0.510. The highest BCUT2D eigenvalue weighted by Gasteiger charge is 2.24. The summed E-state index contributed by atoms with van der Waals surface area (Å²) in [6.45, 7) is 7.49. The summed E-state index contributed by atoms with van der Waals surface area (Å²) >= 11 is 0. The monoisotopic (exact) mass is 336 g/mol. The number of halogens is 1. The van der Waals surface area contributed by atoms with Crippen LogP contribution in [0.15, 0.2) is 18.2 Å². The van der Waals surface area contributed by atoms with Crippen molar-refractivity contribution in [1.82, 2.24) is 5.32 Å². The molecule has 0 spiro atoms. The zero-order chi connectivity index (χ0) is 17.7. The normalized spacial score (nSPS) is 15.9. The fourth-order valence-electron chi connectivity index (χ4n) is 2.60. The van der Waals surface area contributed by atoms with Gasteiger partial charge in [-0.3, -0.25) is 9.59 Å². The van der Waals surface area contributed by atoms with E-state index in [1.165, 1.54) is 18.2 Å². The minimum Gasteiger partial charge on any atom is -0.379 e. The molecule has 1 atom stereocenters. The first kappa shape index (κ1) is 18.4. The maximum atomic E-state index is 14.0. The van der Waals surface area contributed by atoms with E-state index in [9.17, 15) is 14.0 Å². The molecule has 1 fully saturated rings. The number of hydrogen-bond donors (Lipinski definition) is 1. The lowest BCUT2D eigenvalue weighted by Gasteiger charge is -2.18. The lowest BCUT2D eigenvalue weighted by atomic mass is 10.1. The smallest absolute Gasteiger partial charge is 0.254 e. The zero-order valence-corrected chi connectivity index (χ0v) is 14.5. The number of nitrogens with one attached hydrogen (secondary N) is 1. The summed E-state index contributed by atoms with van der Waals surface area (Å²) in [5.74, 6) is -0.678. The second-order valence-electron chi connectivity index (χ2n) is 6.62. The zero-order valence-electron chi connectivity index (χ0n) is 14.5. The average Bonchev–Trinajstić information content (AvgIpc) is 2.93. The molecule has 0 saturated carbocycles. The minimum atomic E-state index is -0.599. The van der Waals surface area contributed by atoms with Crippen LogP contribution in [0.3, 0.4) is 0 Å². The lowest BCUT2D eigenvalue weighted by molar-refractivity contribution is -0.117. The van der Waals surface area contributed by atoms with E-state index in [1.54, 1.807) is 4.90 Å². The van der Waals surface area contributed by atoms with Crippen molar-refractivity contribution in [2.45, 2.75) is 39.7 Å². The molecule has 0 aliphatic carbocycles. The Morgan fingerprint density at radius 1 is 1.33 bits per heavy atom. The molecule has 1 aromatic carbocycles. The lowest BCUT2D eigenvalue weighted by Crippen LogP contribution is -2.36.